The van der Waals surface area contributed by atoms with E-state index >= 15 is 0 Å². The van der Waals surface area contributed by atoms with E-state index < -0.39 is 0 Å². The molecule has 1 aliphatic heterocycles. The Kier molecular flexibility index (Phi) is 8.55. The summed E-state index contributed by atoms with van der Waals surface area (Å²) in [5.74, 6) is 0.0362. The van der Waals surface area contributed by atoms with Crippen molar-refractivity contribution in [3.8, 4) is 5.75 Å². The molecule has 1 saturated heterocycles. The van der Waals surface area contributed by atoms with Crippen molar-refractivity contribution in [1.29, 1.82) is 0 Å². The molecule has 31 heavy (non-hydrogen) atoms. The summed E-state index contributed by atoms with van der Waals surface area (Å²) < 4.78 is 10.9. The quantitative estimate of drug-likeness (QED) is 0.601. The number of rotatable bonds is 9. The van der Waals surface area contributed by atoms with Crippen molar-refractivity contribution >= 4 is 29.1 Å². The highest BCUT2D eigenvalue weighted by molar-refractivity contribution is 6.30. The van der Waals surface area contributed by atoms with Gasteiger partial charge in [-0.1, -0.05) is 29.8 Å². The van der Waals surface area contributed by atoms with E-state index in [1.807, 2.05) is 31.2 Å². The van der Waals surface area contributed by atoms with Crippen LogP contribution in [0.4, 0.5) is 5.69 Å². The largest absolute Gasteiger partial charge is 0.490 e. The predicted octanol–water partition coefficient (Wildman–Crippen LogP) is 2.83. The summed E-state index contributed by atoms with van der Waals surface area (Å²) in [5.41, 5.74) is 1.45. The Hall–Kier alpha value is -2.77. The van der Waals surface area contributed by atoms with Crippen molar-refractivity contribution in [1.82, 2.24) is 10.2 Å². The summed E-state index contributed by atoms with van der Waals surface area (Å²) in [6, 6.07) is 14.7. The zero-order chi connectivity index (χ0) is 22.1. The van der Waals surface area contributed by atoms with Crippen molar-refractivity contribution in [2.75, 3.05) is 57.4 Å². The van der Waals surface area contributed by atoms with Gasteiger partial charge in [0.05, 0.1) is 18.7 Å². The molecule has 2 aromatic carbocycles. The summed E-state index contributed by atoms with van der Waals surface area (Å²) in [7, 11) is 0. The number of nitrogens with one attached hydrogen (secondary N) is 1. The highest BCUT2D eigenvalue weighted by Crippen LogP contribution is 2.21. The molecule has 1 heterocycles. The smallest absolute Gasteiger partial charge is 0.255 e. The van der Waals surface area contributed by atoms with Gasteiger partial charge in [-0.15, -0.1) is 0 Å². The Balaban J connectivity index is 1.47. The first-order valence-corrected chi connectivity index (χ1v) is 10.8. The highest BCUT2D eigenvalue weighted by atomic mass is 35.5. The lowest BCUT2D eigenvalue weighted by atomic mass is 10.2. The van der Waals surface area contributed by atoms with Crippen LogP contribution in [0.1, 0.15) is 17.3 Å². The van der Waals surface area contributed by atoms with Crippen LogP contribution in [-0.4, -0.2) is 69.3 Å². The molecule has 1 N–H and O–H groups in total. The Bertz CT molecular complexity index is 885. The van der Waals surface area contributed by atoms with Gasteiger partial charge in [-0.25, -0.2) is 0 Å². The third kappa shape index (κ3) is 6.60. The summed E-state index contributed by atoms with van der Waals surface area (Å²) in [6.45, 7) is 5.91. The van der Waals surface area contributed by atoms with Crippen LogP contribution in [0.2, 0.25) is 5.02 Å². The van der Waals surface area contributed by atoms with E-state index in [9.17, 15) is 9.59 Å². The van der Waals surface area contributed by atoms with Crippen LogP contribution < -0.4 is 15.0 Å². The molecule has 0 aliphatic carbocycles. The number of ether oxygens (including phenoxy) is 2. The normalized spacial score (nSPS) is 13.7. The van der Waals surface area contributed by atoms with Gasteiger partial charge in [-0.05, 0) is 37.3 Å². The van der Waals surface area contributed by atoms with Crippen LogP contribution in [0.25, 0.3) is 0 Å². The average molecular weight is 446 g/mol. The number of carbonyl (C=O) groups excluding carboxylic acids is 2. The van der Waals surface area contributed by atoms with Crippen LogP contribution in [-0.2, 0) is 9.53 Å². The van der Waals surface area contributed by atoms with Gasteiger partial charge in [-0.2, -0.15) is 0 Å². The maximum Gasteiger partial charge on any atom is 0.255 e. The lowest BCUT2D eigenvalue weighted by Gasteiger charge is -2.36. The number of hydrogen-bond acceptors (Lipinski definition) is 5. The molecule has 0 aromatic heterocycles. The third-order valence-electron chi connectivity index (χ3n) is 5.03. The zero-order valence-corrected chi connectivity index (χ0v) is 18.4. The first kappa shape index (κ1) is 22.9. The van der Waals surface area contributed by atoms with Crippen molar-refractivity contribution in [3.05, 3.63) is 59.1 Å². The maximum atomic E-state index is 12.6. The number of para-hydroxylation sites is 1. The van der Waals surface area contributed by atoms with Gasteiger partial charge in [0.1, 0.15) is 12.4 Å². The van der Waals surface area contributed by atoms with E-state index in [0.29, 0.717) is 49.2 Å². The number of amides is 2. The number of benzene rings is 2. The molecule has 0 atom stereocenters. The molecule has 0 saturated carbocycles. The molecule has 0 bridgehead atoms. The predicted molar refractivity (Wildman–Crippen MR) is 121 cm³/mol. The Morgan fingerprint density at radius 2 is 1.81 bits per heavy atom. The van der Waals surface area contributed by atoms with E-state index in [0.717, 1.165) is 18.8 Å². The number of nitrogens with zero attached hydrogens (tertiary/aromatic N) is 2. The molecular weight excluding hydrogens is 418 g/mol. The van der Waals surface area contributed by atoms with Crippen LogP contribution in [0.5, 0.6) is 5.75 Å². The van der Waals surface area contributed by atoms with E-state index in [4.69, 9.17) is 21.1 Å². The molecule has 1 fully saturated rings. The minimum Gasteiger partial charge on any atom is -0.490 e. The van der Waals surface area contributed by atoms with Crippen LogP contribution >= 0.6 is 11.6 Å². The van der Waals surface area contributed by atoms with E-state index in [2.05, 4.69) is 10.2 Å². The Morgan fingerprint density at radius 1 is 1.03 bits per heavy atom. The van der Waals surface area contributed by atoms with E-state index in [-0.39, 0.29) is 18.4 Å². The number of piperazine rings is 1. The van der Waals surface area contributed by atoms with Crippen molar-refractivity contribution < 1.29 is 19.1 Å². The number of halogens is 1. The molecule has 0 radical (unpaired) electrons. The fraction of sp³-hybridized carbons (Fsp3) is 0.391. The molecule has 2 aromatic rings. The monoisotopic (exact) mass is 445 g/mol. The molecule has 2 amide bonds. The summed E-state index contributed by atoms with van der Waals surface area (Å²) >= 11 is 6.07. The van der Waals surface area contributed by atoms with Crippen LogP contribution in [0, 0.1) is 0 Å². The lowest BCUT2D eigenvalue weighted by molar-refractivity contribution is -0.130. The first-order valence-electron chi connectivity index (χ1n) is 10.4. The molecular formula is C23H28ClN3O4. The topological polar surface area (TPSA) is 71.1 Å². The lowest BCUT2D eigenvalue weighted by Crippen LogP contribution is -2.51. The zero-order valence-electron chi connectivity index (χ0n) is 17.7. The Morgan fingerprint density at radius 3 is 2.55 bits per heavy atom. The second-order valence-corrected chi connectivity index (χ2v) is 7.51. The summed E-state index contributed by atoms with van der Waals surface area (Å²) in [5, 5.41) is 3.41. The minimum atomic E-state index is -0.335. The van der Waals surface area contributed by atoms with Gasteiger partial charge < -0.3 is 24.6 Å². The van der Waals surface area contributed by atoms with Crippen molar-refractivity contribution in [3.63, 3.8) is 0 Å². The fourth-order valence-electron chi connectivity index (χ4n) is 3.38. The molecule has 8 heteroatoms. The van der Waals surface area contributed by atoms with Gasteiger partial charge in [0.2, 0.25) is 5.91 Å². The third-order valence-corrected chi connectivity index (χ3v) is 5.26. The van der Waals surface area contributed by atoms with E-state index in [1.54, 1.807) is 29.2 Å². The summed E-state index contributed by atoms with van der Waals surface area (Å²) in [4.78, 5) is 29.1. The number of anilines is 1. The van der Waals surface area contributed by atoms with Crippen molar-refractivity contribution in [2.45, 2.75) is 6.92 Å². The van der Waals surface area contributed by atoms with Gasteiger partial charge in [0.25, 0.3) is 5.91 Å². The second-order valence-electron chi connectivity index (χ2n) is 7.07. The first-order chi connectivity index (χ1) is 15.1. The van der Waals surface area contributed by atoms with E-state index in [1.165, 1.54) is 0 Å². The van der Waals surface area contributed by atoms with Crippen molar-refractivity contribution in [2.24, 2.45) is 0 Å². The maximum absolute atomic E-state index is 12.6. The molecule has 0 spiro atoms. The molecule has 1 aliphatic rings. The van der Waals surface area contributed by atoms with Crippen LogP contribution in [0.15, 0.2) is 48.5 Å². The Labute approximate surface area is 187 Å². The van der Waals surface area contributed by atoms with Gasteiger partial charge >= 0.3 is 0 Å². The van der Waals surface area contributed by atoms with Gasteiger partial charge in [0.15, 0.2) is 0 Å². The number of carbonyl (C=O) groups is 2. The molecule has 3 rings (SSSR count). The standard InChI is InChI=1S/C23H28ClN3O4/c1-2-30-14-15-31-21-9-4-3-8-20(21)23(29)25-17-22(28)27-12-10-26(11-13-27)19-7-5-6-18(24)16-19/h3-9,16H,2,10-15,17H2,1H3,(H,25,29). The van der Waals surface area contributed by atoms with Crippen LogP contribution in [0.3, 0.4) is 0 Å². The molecule has 7 nitrogen and oxygen atoms in total. The van der Waals surface area contributed by atoms with Gasteiger partial charge in [0, 0.05) is 43.5 Å². The van der Waals surface area contributed by atoms with Gasteiger partial charge in [-0.3, -0.25) is 9.59 Å². The molecule has 166 valence electrons. The fourth-order valence-corrected chi connectivity index (χ4v) is 3.57. The minimum absolute atomic E-state index is 0.0523. The highest BCUT2D eigenvalue weighted by Gasteiger charge is 2.22. The molecule has 0 unspecified atom stereocenters. The number of hydrogen-bond donors (Lipinski definition) is 1. The SMILES string of the molecule is CCOCCOc1ccccc1C(=O)NCC(=O)N1CCN(c2cccc(Cl)c2)CC1. The second kappa shape index (κ2) is 11.6. The average Bonchev–Trinajstić information content (AvgIpc) is 2.80. The summed E-state index contributed by atoms with van der Waals surface area (Å²) in [6.07, 6.45) is 0.